The van der Waals surface area contributed by atoms with Crippen LogP contribution < -0.4 is 20.6 Å². The highest BCUT2D eigenvalue weighted by atomic mass is 16.3. The molecule has 0 radical (unpaired) electrons. The molecule has 314 valence electrons. The normalized spacial score (nSPS) is 13.6. The smallest absolute Gasteiger partial charge is 0.333 e. The SMILES string of the molecule is CC(C)(C)c1ccc(N2B3c4cc5oc6ccccc6c5cc4N(c4ccc(C(C)(C)C)cc4-c4ccccc4)c4cc(-c5ccccc5)cc(c43)-c3ccc(C(C)(C)C)cc32)cc1. The molecule has 0 amide bonds. The van der Waals surface area contributed by atoms with Gasteiger partial charge in [0.15, 0.2) is 0 Å². The van der Waals surface area contributed by atoms with Gasteiger partial charge in [0.25, 0.3) is 0 Å². The van der Waals surface area contributed by atoms with Crippen molar-refractivity contribution in [2.75, 3.05) is 9.71 Å². The fraction of sp³-hybridized carbons (Fsp3) is 0.200. The van der Waals surface area contributed by atoms with E-state index in [0.717, 1.165) is 39.0 Å². The molecule has 4 heteroatoms. The van der Waals surface area contributed by atoms with Crippen molar-refractivity contribution in [1.82, 2.24) is 0 Å². The van der Waals surface area contributed by atoms with Crippen molar-refractivity contribution < 1.29 is 4.42 Å². The van der Waals surface area contributed by atoms with E-state index in [-0.39, 0.29) is 23.1 Å². The lowest BCUT2D eigenvalue weighted by Crippen LogP contribution is -2.61. The number of anilines is 5. The number of rotatable bonds is 4. The summed E-state index contributed by atoms with van der Waals surface area (Å²) in [5, 5.41) is 2.23. The summed E-state index contributed by atoms with van der Waals surface area (Å²) in [4.78, 5) is 5.22. The zero-order valence-electron chi connectivity index (χ0n) is 38.5. The largest absolute Gasteiger partial charge is 0.456 e. The number of hydrogen-bond acceptors (Lipinski definition) is 3. The second-order valence-corrected chi connectivity index (χ2v) is 21.1. The Morgan fingerprint density at radius 3 is 1.69 bits per heavy atom. The number of hydrogen-bond donors (Lipinski definition) is 0. The van der Waals surface area contributed by atoms with Crippen LogP contribution in [-0.2, 0) is 16.2 Å². The van der Waals surface area contributed by atoms with Crippen LogP contribution in [0.5, 0.6) is 0 Å². The first kappa shape index (κ1) is 40.0. The van der Waals surface area contributed by atoms with Crippen LogP contribution in [-0.4, -0.2) is 6.85 Å². The highest BCUT2D eigenvalue weighted by Crippen LogP contribution is 2.51. The predicted octanol–water partition coefficient (Wildman–Crippen LogP) is 15.5. The minimum absolute atomic E-state index is 0.0230. The minimum atomic E-state index is -0.170. The van der Waals surface area contributed by atoms with E-state index in [1.807, 2.05) is 0 Å². The van der Waals surface area contributed by atoms with Gasteiger partial charge in [0.05, 0.1) is 5.69 Å². The Morgan fingerprint density at radius 2 is 1.00 bits per heavy atom. The lowest BCUT2D eigenvalue weighted by Gasteiger charge is -2.46. The Labute approximate surface area is 379 Å². The van der Waals surface area contributed by atoms with Gasteiger partial charge in [0.1, 0.15) is 11.2 Å². The van der Waals surface area contributed by atoms with Crippen molar-refractivity contribution >= 4 is 68.1 Å². The lowest BCUT2D eigenvalue weighted by atomic mass is 9.43. The molecule has 0 saturated heterocycles. The Bertz CT molecular complexity index is 3270. The highest BCUT2D eigenvalue weighted by Gasteiger charge is 2.46. The maximum absolute atomic E-state index is 6.80. The molecule has 0 N–H and O–H groups in total. The first-order chi connectivity index (χ1) is 30.6. The van der Waals surface area contributed by atoms with Crippen molar-refractivity contribution in [3.8, 4) is 33.4 Å². The molecule has 0 fully saturated rings. The van der Waals surface area contributed by atoms with Gasteiger partial charge in [-0.3, -0.25) is 0 Å². The van der Waals surface area contributed by atoms with Crippen LogP contribution in [0.15, 0.2) is 174 Å². The number of nitrogens with zero attached hydrogens (tertiary/aromatic N) is 2. The first-order valence-electron chi connectivity index (χ1n) is 22.9. The molecule has 2 aliphatic rings. The molecule has 0 atom stereocenters. The monoisotopic (exact) mass is 830 g/mol. The molecular weight excluding hydrogens is 775 g/mol. The molecular formula is C60H55BN2O. The third-order valence-corrected chi connectivity index (χ3v) is 13.7. The van der Waals surface area contributed by atoms with E-state index in [0.29, 0.717) is 0 Å². The summed E-state index contributed by atoms with van der Waals surface area (Å²) in [7, 11) is 0. The van der Waals surface area contributed by atoms with E-state index >= 15 is 0 Å². The van der Waals surface area contributed by atoms with Crippen LogP contribution in [0.25, 0.3) is 55.3 Å². The molecule has 3 heterocycles. The number of para-hydroxylation sites is 1. The zero-order valence-corrected chi connectivity index (χ0v) is 38.5. The van der Waals surface area contributed by atoms with E-state index in [2.05, 4.69) is 242 Å². The first-order valence-corrected chi connectivity index (χ1v) is 22.9. The number of fused-ring (bicyclic) bond motifs is 7. The summed E-state index contributed by atoms with van der Waals surface area (Å²) in [5.41, 5.74) is 21.3. The van der Waals surface area contributed by atoms with Crippen LogP contribution in [0.4, 0.5) is 28.4 Å². The molecule has 9 aromatic rings. The predicted molar refractivity (Wildman–Crippen MR) is 274 cm³/mol. The molecule has 3 nitrogen and oxygen atoms in total. The maximum atomic E-state index is 6.80. The van der Waals surface area contributed by atoms with Crippen molar-refractivity contribution in [1.29, 1.82) is 0 Å². The highest BCUT2D eigenvalue weighted by molar-refractivity contribution is 6.93. The molecule has 0 bridgehead atoms. The minimum Gasteiger partial charge on any atom is -0.456 e. The molecule has 1 aromatic heterocycles. The second-order valence-electron chi connectivity index (χ2n) is 21.1. The van der Waals surface area contributed by atoms with Gasteiger partial charge in [-0.15, -0.1) is 0 Å². The van der Waals surface area contributed by atoms with Gasteiger partial charge in [-0.1, -0.05) is 172 Å². The number of benzene rings is 8. The van der Waals surface area contributed by atoms with Crippen LogP contribution >= 0.6 is 0 Å². The topological polar surface area (TPSA) is 19.6 Å². The Morgan fingerprint density at radius 1 is 0.391 bits per heavy atom. The quantitative estimate of drug-likeness (QED) is 0.165. The Balaban J connectivity index is 1.30. The van der Waals surface area contributed by atoms with Crippen molar-refractivity contribution in [2.45, 2.75) is 78.6 Å². The van der Waals surface area contributed by atoms with Gasteiger partial charge in [0, 0.05) is 44.6 Å². The molecule has 0 unspecified atom stereocenters. The molecule has 0 aliphatic carbocycles. The van der Waals surface area contributed by atoms with Gasteiger partial charge in [-0.05, 0) is 127 Å². The standard InChI is InChI=1S/C60H55BN2O/c1-58(2,3)41-24-28-44(29-25-41)63-52-35-43(60(7,8)9)26-30-45(52)49-32-40(38-18-12-10-13-19-38)33-54-57(49)61(63)50-37-56-48(46-22-16-17-23-55(46)64-56)36-53(50)62(54)51-31-27-42(59(4,5)6)34-47(51)39-20-14-11-15-21-39/h10-37H,1-9H3. The van der Waals surface area contributed by atoms with Gasteiger partial charge >= 0.3 is 6.85 Å². The van der Waals surface area contributed by atoms with Crippen LogP contribution in [0.2, 0.25) is 0 Å². The summed E-state index contributed by atoms with van der Waals surface area (Å²) in [6.07, 6.45) is 0. The third-order valence-electron chi connectivity index (χ3n) is 13.7. The van der Waals surface area contributed by atoms with E-state index < -0.39 is 0 Å². The Kier molecular flexibility index (Phi) is 8.99. The molecule has 8 aromatic carbocycles. The van der Waals surface area contributed by atoms with Crippen LogP contribution in [0.1, 0.15) is 79.0 Å². The number of furan rings is 1. The summed E-state index contributed by atoms with van der Waals surface area (Å²) in [5.74, 6) is 0. The van der Waals surface area contributed by atoms with Gasteiger partial charge in [0.2, 0.25) is 0 Å². The van der Waals surface area contributed by atoms with Gasteiger partial charge in [-0.25, -0.2) is 0 Å². The molecule has 0 saturated carbocycles. The third kappa shape index (κ3) is 6.49. The summed E-state index contributed by atoms with van der Waals surface area (Å²) < 4.78 is 6.80. The summed E-state index contributed by atoms with van der Waals surface area (Å²) in [6, 6.07) is 63.8. The van der Waals surface area contributed by atoms with E-state index in [1.165, 1.54) is 72.4 Å². The van der Waals surface area contributed by atoms with Crippen LogP contribution in [0, 0.1) is 0 Å². The fourth-order valence-electron chi connectivity index (χ4n) is 10.2. The van der Waals surface area contributed by atoms with Crippen molar-refractivity contribution in [3.05, 3.63) is 187 Å². The summed E-state index contributed by atoms with van der Waals surface area (Å²) in [6.45, 7) is 20.6. The van der Waals surface area contributed by atoms with Gasteiger partial charge < -0.3 is 14.1 Å². The molecule has 2 aliphatic heterocycles. The average molecular weight is 831 g/mol. The van der Waals surface area contributed by atoms with Crippen LogP contribution in [0.3, 0.4) is 0 Å². The van der Waals surface area contributed by atoms with E-state index in [4.69, 9.17) is 4.42 Å². The molecule has 11 rings (SSSR count). The lowest BCUT2D eigenvalue weighted by molar-refractivity contribution is 0.590. The molecule has 0 spiro atoms. The fourth-order valence-corrected chi connectivity index (χ4v) is 10.2. The second kappa shape index (κ2) is 14.4. The van der Waals surface area contributed by atoms with Crippen molar-refractivity contribution in [2.24, 2.45) is 0 Å². The van der Waals surface area contributed by atoms with Gasteiger partial charge in [-0.2, -0.15) is 0 Å². The van der Waals surface area contributed by atoms with Crippen molar-refractivity contribution in [3.63, 3.8) is 0 Å². The average Bonchev–Trinajstić information content (AvgIpc) is 3.65. The van der Waals surface area contributed by atoms with E-state index in [1.54, 1.807) is 0 Å². The zero-order chi connectivity index (χ0) is 44.3. The maximum Gasteiger partial charge on any atom is 0.333 e. The Hall–Kier alpha value is -6.78. The van der Waals surface area contributed by atoms with E-state index in [9.17, 15) is 0 Å². The molecule has 64 heavy (non-hydrogen) atoms. The summed E-state index contributed by atoms with van der Waals surface area (Å²) >= 11 is 0.